The SMILES string of the molecule is CCC1C(C)CCN1C(=O)Nc1ccc(CC2CC(=O)NC2=O)cc1. The Balaban J connectivity index is 1.58. The van der Waals surface area contributed by atoms with Crippen LogP contribution in [0.2, 0.25) is 0 Å². The van der Waals surface area contributed by atoms with Gasteiger partial charge in [0.25, 0.3) is 0 Å². The summed E-state index contributed by atoms with van der Waals surface area (Å²) in [6.45, 7) is 5.11. The predicted molar refractivity (Wildman–Crippen MR) is 95.0 cm³/mol. The summed E-state index contributed by atoms with van der Waals surface area (Å²) < 4.78 is 0. The van der Waals surface area contributed by atoms with E-state index in [1.165, 1.54) is 0 Å². The summed E-state index contributed by atoms with van der Waals surface area (Å²) in [4.78, 5) is 37.3. The molecular weight excluding hydrogens is 318 g/mol. The van der Waals surface area contributed by atoms with Crippen LogP contribution in [-0.4, -0.2) is 35.3 Å². The largest absolute Gasteiger partial charge is 0.322 e. The number of rotatable bonds is 4. The van der Waals surface area contributed by atoms with Gasteiger partial charge in [0.2, 0.25) is 11.8 Å². The second-order valence-electron chi connectivity index (χ2n) is 7.08. The molecule has 134 valence electrons. The fourth-order valence-electron chi connectivity index (χ4n) is 3.86. The Morgan fingerprint density at radius 2 is 2.00 bits per heavy atom. The number of benzene rings is 1. The van der Waals surface area contributed by atoms with Gasteiger partial charge in [0.15, 0.2) is 0 Å². The zero-order valence-corrected chi connectivity index (χ0v) is 14.7. The molecule has 3 atom stereocenters. The van der Waals surface area contributed by atoms with E-state index in [2.05, 4.69) is 24.5 Å². The van der Waals surface area contributed by atoms with Crippen molar-refractivity contribution in [1.29, 1.82) is 0 Å². The predicted octanol–water partition coefficient (Wildman–Crippen LogP) is 2.54. The van der Waals surface area contributed by atoms with Gasteiger partial charge in [-0.15, -0.1) is 0 Å². The van der Waals surface area contributed by atoms with E-state index in [1.807, 2.05) is 29.2 Å². The molecule has 6 nitrogen and oxygen atoms in total. The van der Waals surface area contributed by atoms with E-state index < -0.39 is 0 Å². The molecule has 3 unspecified atom stereocenters. The summed E-state index contributed by atoms with van der Waals surface area (Å²) in [6.07, 6.45) is 2.80. The number of urea groups is 1. The molecule has 2 heterocycles. The molecule has 2 N–H and O–H groups in total. The highest BCUT2D eigenvalue weighted by Crippen LogP contribution is 2.27. The van der Waals surface area contributed by atoms with Crippen LogP contribution in [0.1, 0.15) is 38.7 Å². The average Bonchev–Trinajstić information content (AvgIpc) is 3.11. The number of hydrogen-bond donors (Lipinski definition) is 2. The van der Waals surface area contributed by atoms with Crippen LogP contribution in [0, 0.1) is 11.8 Å². The minimum absolute atomic E-state index is 0.0512. The van der Waals surface area contributed by atoms with Gasteiger partial charge >= 0.3 is 6.03 Å². The zero-order valence-electron chi connectivity index (χ0n) is 14.7. The third-order valence-electron chi connectivity index (χ3n) is 5.31. The van der Waals surface area contributed by atoms with Crippen molar-refractivity contribution in [1.82, 2.24) is 10.2 Å². The van der Waals surface area contributed by atoms with E-state index >= 15 is 0 Å². The molecule has 25 heavy (non-hydrogen) atoms. The maximum Gasteiger partial charge on any atom is 0.322 e. The van der Waals surface area contributed by atoms with Crippen LogP contribution in [0.15, 0.2) is 24.3 Å². The second kappa shape index (κ2) is 7.25. The lowest BCUT2D eigenvalue weighted by molar-refractivity contribution is -0.125. The highest BCUT2D eigenvalue weighted by molar-refractivity contribution is 6.03. The molecule has 1 aromatic carbocycles. The number of carbonyl (C=O) groups excluding carboxylic acids is 3. The van der Waals surface area contributed by atoms with E-state index in [1.54, 1.807) is 0 Å². The molecule has 4 amide bonds. The van der Waals surface area contributed by atoms with Crippen LogP contribution in [0.3, 0.4) is 0 Å². The summed E-state index contributed by atoms with van der Waals surface area (Å²) >= 11 is 0. The minimum atomic E-state index is -0.288. The van der Waals surface area contributed by atoms with Crippen molar-refractivity contribution in [2.24, 2.45) is 11.8 Å². The molecule has 2 fully saturated rings. The standard InChI is InChI=1S/C19H25N3O3/c1-3-16-12(2)8-9-22(16)19(25)20-15-6-4-13(5-7-15)10-14-11-17(23)21-18(14)24/h4-7,12,14,16H,3,8-11H2,1-2H3,(H,20,25)(H,21,23,24). The van der Waals surface area contributed by atoms with Gasteiger partial charge in [-0.1, -0.05) is 26.0 Å². The summed E-state index contributed by atoms with van der Waals surface area (Å²) in [6, 6.07) is 7.75. The first-order valence-electron chi connectivity index (χ1n) is 8.98. The van der Waals surface area contributed by atoms with Crippen molar-refractivity contribution < 1.29 is 14.4 Å². The minimum Gasteiger partial charge on any atom is -0.321 e. The highest BCUT2D eigenvalue weighted by atomic mass is 16.2. The van der Waals surface area contributed by atoms with E-state index in [0.717, 1.165) is 30.6 Å². The van der Waals surface area contributed by atoms with Crippen LogP contribution >= 0.6 is 0 Å². The number of nitrogens with one attached hydrogen (secondary N) is 2. The zero-order chi connectivity index (χ0) is 18.0. The lowest BCUT2D eigenvalue weighted by Gasteiger charge is -2.26. The van der Waals surface area contributed by atoms with Gasteiger partial charge in [-0.25, -0.2) is 4.79 Å². The van der Waals surface area contributed by atoms with Gasteiger partial charge in [-0.3, -0.25) is 14.9 Å². The van der Waals surface area contributed by atoms with Crippen molar-refractivity contribution in [2.45, 2.75) is 45.6 Å². The molecule has 2 saturated heterocycles. The van der Waals surface area contributed by atoms with E-state index in [4.69, 9.17) is 0 Å². The van der Waals surface area contributed by atoms with Crippen molar-refractivity contribution >= 4 is 23.5 Å². The first-order valence-corrected chi connectivity index (χ1v) is 8.98. The monoisotopic (exact) mass is 343 g/mol. The molecule has 6 heteroatoms. The lowest BCUT2D eigenvalue weighted by atomic mass is 9.98. The van der Waals surface area contributed by atoms with E-state index in [9.17, 15) is 14.4 Å². The number of hydrogen-bond acceptors (Lipinski definition) is 3. The molecule has 2 aliphatic heterocycles. The van der Waals surface area contributed by atoms with Gasteiger partial charge in [-0.05, 0) is 42.9 Å². The summed E-state index contributed by atoms with van der Waals surface area (Å²) in [7, 11) is 0. The Bertz CT molecular complexity index is 671. The Kier molecular flexibility index (Phi) is 5.06. The van der Waals surface area contributed by atoms with Gasteiger partial charge in [0.1, 0.15) is 0 Å². The highest BCUT2D eigenvalue weighted by Gasteiger charge is 2.33. The van der Waals surface area contributed by atoms with Crippen LogP contribution in [0.4, 0.5) is 10.5 Å². The molecule has 0 spiro atoms. The fourth-order valence-corrected chi connectivity index (χ4v) is 3.86. The summed E-state index contributed by atoms with van der Waals surface area (Å²) in [5.74, 6) is -0.150. The molecule has 1 aromatic rings. The van der Waals surface area contributed by atoms with Crippen molar-refractivity contribution in [3.63, 3.8) is 0 Å². The van der Waals surface area contributed by atoms with Gasteiger partial charge in [0.05, 0.1) is 5.92 Å². The second-order valence-corrected chi connectivity index (χ2v) is 7.08. The van der Waals surface area contributed by atoms with Gasteiger partial charge in [0, 0.05) is 24.7 Å². The summed E-state index contributed by atoms with van der Waals surface area (Å²) in [5, 5.41) is 5.29. The number of imide groups is 1. The molecule has 3 rings (SSSR count). The smallest absolute Gasteiger partial charge is 0.321 e. The Labute approximate surface area is 148 Å². The third kappa shape index (κ3) is 3.83. The first kappa shape index (κ1) is 17.5. The number of carbonyl (C=O) groups is 3. The van der Waals surface area contributed by atoms with E-state index in [0.29, 0.717) is 18.4 Å². The Morgan fingerprint density at radius 1 is 1.28 bits per heavy atom. The van der Waals surface area contributed by atoms with Crippen LogP contribution < -0.4 is 10.6 Å². The molecule has 0 bridgehead atoms. The van der Waals surface area contributed by atoms with E-state index in [-0.39, 0.29) is 30.2 Å². The van der Waals surface area contributed by atoms with Crippen LogP contribution in [-0.2, 0) is 16.0 Å². The third-order valence-corrected chi connectivity index (χ3v) is 5.31. The van der Waals surface area contributed by atoms with Crippen molar-refractivity contribution in [2.75, 3.05) is 11.9 Å². The first-order chi connectivity index (χ1) is 12.0. The van der Waals surface area contributed by atoms with Crippen molar-refractivity contribution in [3.05, 3.63) is 29.8 Å². The number of nitrogens with zero attached hydrogens (tertiary/aromatic N) is 1. The molecular formula is C19H25N3O3. The molecule has 0 aliphatic carbocycles. The maximum absolute atomic E-state index is 12.5. The molecule has 0 radical (unpaired) electrons. The lowest BCUT2D eigenvalue weighted by Crippen LogP contribution is -2.39. The quantitative estimate of drug-likeness (QED) is 0.825. The Morgan fingerprint density at radius 3 is 2.60 bits per heavy atom. The molecule has 2 aliphatic rings. The number of amides is 4. The summed E-state index contributed by atoms with van der Waals surface area (Å²) in [5.41, 5.74) is 1.73. The van der Waals surface area contributed by atoms with Gasteiger partial charge in [-0.2, -0.15) is 0 Å². The molecule has 0 saturated carbocycles. The number of anilines is 1. The van der Waals surface area contributed by atoms with Crippen LogP contribution in [0.5, 0.6) is 0 Å². The molecule has 0 aromatic heterocycles. The maximum atomic E-state index is 12.5. The fraction of sp³-hybridized carbons (Fsp3) is 0.526. The van der Waals surface area contributed by atoms with Gasteiger partial charge < -0.3 is 10.2 Å². The topological polar surface area (TPSA) is 78.5 Å². The van der Waals surface area contributed by atoms with Crippen molar-refractivity contribution in [3.8, 4) is 0 Å². The average molecular weight is 343 g/mol. The van der Waals surface area contributed by atoms with Crippen LogP contribution in [0.25, 0.3) is 0 Å². The number of likely N-dealkylation sites (tertiary alicyclic amines) is 1. The normalized spacial score (nSPS) is 26.0. The Hall–Kier alpha value is -2.37.